The van der Waals surface area contributed by atoms with Gasteiger partial charge in [0.1, 0.15) is 6.29 Å². The summed E-state index contributed by atoms with van der Waals surface area (Å²) in [7, 11) is 0. The molecule has 0 aromatic carbocycles. The molecule has 1 aliphatic heterocycles. The zero-order chi connectivity index (χ0) is 7.94. The van der Waals surface area contributed by atoms with Gasteiger partial charge in [-0.2, -0.15) is 0 Å². The monoisotopic (exact) mass is 154 g/mol. The van der Waals surface area contributed by atoms with Crippen molar-refractivity contribution < 1.29 is 9.53 Å². The van der Waals surface area contributed by atoms with Crippen LogP contribution in [0.5, 0.6) is 0 Å². The zero-order valence-electron chi connectivity index (χ0n) is 6.66. The van der Waals surface area contributed by atoms with Gasteiger partial charge >= 0.3 is 0 Å². The van der Waals surface area contributed by atoms with Crippen LogP contribution < -0.4 is 0 Å². The Hall–Kier alpha value is -0.630. The van der Waals surface area contributed by atoms with Gasteiger partial charge in [0.25, 0.3) is 0 Å². The second kappa shape index (κ2) is 5.08. The summed E-state index contributed by atoms with van der Waals surface area (Å²) < 4.78 is 5.39. The average Bonchev–Trinajstić information content (AvgIpc) is 2.50. The highest BCUT2D eigenvalue weighted by Crippen LogP contribution is 2.15. The topological polar surface area (TPSA) is 26.3 Å². The first-order valence-corrected chi connectivity index (χ1v) is 4.13. The number of carbonyl (C=O) groups excluding carboxylic acids is 1. The van der Waals surface area contributed by atoms with Crippen LogP contribution in [0, 0.1) is 0 Å². The van der Waals surface area contributed by atoms with Crippen molar-refractivity contribution in [3.8, 4) is 0 Å². The molecule has 1 fully saturated rings. The molecule has 11 heavy (non-hydrogen) atoms. The third kappa shape index (κ3) is 3.33. The molecule has 0 N–H and O–H groups in total. The molecular formula is C9H14O2. The second-order valence-electron chi connectivity index (χ2n) is 2.74. The van der Waals surface area contributed by atoms with Crippen molar-refractivity contribution >= 4 is 6.29 Å². The predicted molar refractivity (Wildman–Crippen MR) is 43.4 cm³/mol. The Morgan fingerprint density at radius 2 is 2.36 bits per heavy atom. The molecule has 1 rings (SSSR count). The van der Waals surface area contributed by atoms with Gasteiger partial charge in [-0.15, -0.1) is 0 Å². The molecule has 0 bridgehead atoms. The maximum Gasteiger partial charge on any atom is 0.123 e. The first-order valence-electron chi connectivity index (χ1n) is 4.13. The number of rotatable bonds is 4. The molecule has 0 amide bonds. The van der Waals surface area contributed by atoms with E-state index in [4.69, 9.17) is 4.74 Å². The van der Waals surface area contributed by atoms with Crippen molar-refractivity contribution in [3.63, 3.8) is 0 Å². The number of hydrogen-bond donors (Lipinski definition) is 0. The van der Waals surface area contributed by atoms with E-state index in [9.17, 15) is 4.79 Å². The van der Waals surface area contributed by atoms with Crippen molar-refractivity contribution in [2.24, 2.45) is 0 Å². The van der Waals surface area contributed by atoms with Crippen LogP contribution in [0.1, 0.15) is 25.7 Å². The molecule has 1 heterocycles. The Morgan fingerprint density at radius 1 is 1.45 bits per heavy atom. The number of allylic oxidation sites excluding steroid dienone is 1. The lowest BCUT2D eigenvalue weighted by molar-refractivity contribution is -0.107. The molecule has 0 aromatic rings. The molecule has 2 heteroatoms. The minimum absolute atomic E-state index is 0.415. The van der Waals surface area contributed by atoms with Crippen molar-refractivity contribution in [2.75, 3.05) is 6.61 Å². The summed E-state index contributed by atoms with van der Waals surface area (Å²) in [5.74, 6) is 0. The third-order valence-corrected chi connectivity index (χ3v) is 1.82. The van der Waals surface area contributed by atoms with E-state index in [1.54, 1.807) is 0 Å². The van der Waals surface area contributed by atoms with Gasteiger partial charge in [0.05, 0.1) is 6.10 Å². The molecule has 1 aliphatic rings. The summed E-state index contributed by atoms with van der Waals surface area (Å²) in [6, 6.07) is 0. The molecule has 62 valence electrons. The van der Waals surface area contributed by atoms with E-state index in [0.29, 0.717) is 12.5 Å². The van der Waals surface area contributed by atoms with Crippen molar-refractivity contribution in [1.82, 2.24) is 0 Å². The zero-order valence-corrected chi connectivity index (χ0v) is 6.66. The average molecular weight is 154 g/mol. The van der Waals surface area contributed by atoms with E-state index in [1.165, 1.54) is 12.8 Å². The molecule has 0 aliphatic carbocycles. The maximum absolute atomic E-state index is 9.92. The largest absolute Gasteiger partial charge is 0.378 e. The maximum atomic E-state index is 9.92. The summed E-state index contributed by atoms with van der Waals surface area (Å²) in [5, 5.41) is 0. The number of aldehydes is 1. The normalized spacial score (nSPS) is 24.5. The van der Waals surface area contributed by atoms with Gasteiger partial charge in [-0.3, -0.25) is 0 Å². The SMILES string of the molecule is O=CC/C=C\CC1CCCO1. The Bertz CT molecular complexity index is 134. The molecule has 0 radical (unpaired) electrons. The Labute approximate surface area is 67.2 Å². The molecule has 0 aromatic heterocycles. The van der Waals surface area contributed by atoms with Gasteiger partial charge in [0, 0.05) is 13.0 Å². The van der Waals surface area contributed by atoms with Gasteiger partial charge < -0.3 is 9.53 Å². The minimum Gasteiger partial charge on any atom is -0.378 e. The van der Waals surface area contributed by atoms with E-state index >= 15 is 0 Å². The molecule has 1 saturated heterocycles. The minimum atomic E-state index is 0.415. The molecule has 1 atom stereocenters. The lowest BCUT2D eigenvalue weighted by atomic mass is 10.2. The van der Waals surface area contributed by atoms with Crippen molar-refractivity contribution in [2.45, 2.75) is 31.8 Å². The summed E-state index contributed by atoms with van der Waals surface area (Å²) >= 11 is 0. The third-order valence-electron chi connectivity index (χ3n) is 1.82. The molecule has 1 unspecified atom stereocenters. The van der Waals surface area contributed by atoms with E-state index in [-0.39, 0.29) is 0 Å². The summed E-state index contributed by atoms with van der Waals surface area (Å²) in [6.07, 6.45) is 9.11. The number of hydrogen-bond acceptors (Lipinski definition) is 2. The first kappa shape index (κ1) is 8.47. The molecular weight excluding hydrogens is 140 g/mol. The van der Waals surface area contributed by atoms with E-state index in [1.807, 2.05) is 12.2 Å². The van der Waals surface area contributed by atoms with Crippen molar-refractivity contribution in [1.29, 1.82) is 0 Å². The van der Waals surface area contributed by atoms with Gasteiger partial charge in [-0.1, -0.05) is 12.2 Å². The van der Waals surface area contributed by atoms with Crippen LogP contribution in [0.25, 0.3) is 0 Å². The fourth-order valence-electron chi connectivity index (χ4n) is 1.23. The van der Waals surface area contributed by atoms with Crippen molar-refractivity contribution in [3.05, 3.63) is 12.2 Å². The standard InChI is InChI=1S/C9H14O2/c10-7-3-1-2-5-9-6-4-8-11-9/h1-2,7,9H,3-6,8H2/b2-1-. The summed E-state index contributed by atoms with van der Waals surface area (Å²) in [5.41, 5.74) is 0. The first-order chi connectivity index (χ1) is 5.43. The highest BCUT2D eigenvalue weighted by molar-refractivity contribution is 5.51. The van der Waals surface area contributed by atoms with E-state index in [0.717, 1.165) is 19.3 Å². The van der Waals surface area contributed by atoms with Gasteiger partial charge in [0.2, 0.25) is 0 Å². The second-order valence-corrected chi connectivity index (χ2v) is 2.74. The van der Waals surface area contributed by atoms with Crippen LogP contribution in [-0.4, -0.2) is 19.0 Å². The summed E-state index contributed by atoms with van der Waals surface area (Å²) in [4.78, 5) is 9.92. The van der Waals surface area contributed by atoms with Gasteiger partial charge in [-0.05, 0) is 19.3 Å². The van der Waals surface area contributed by atoms with Crippen LogP contribution in [0.3, 0.4) is 0 Å². The Balaban J connectivity index is 2.05. The van der Waals surface area contributed by atoms with Crippen LogP contribution in [0.15, 0.2) is 12.2 Å². The van der Waals surface area contributed by atoms with Crippen LogP contribution >= 0.6 is 0 Å². The van der Waals surface area contributed by atoms with Gasteiger partial charge in [-0.25, -0.2) is 0 Å². The van der Waals surface area contributed by atoms with Gasteiger partial charge in [0.15, 0.2) is 0 Å². The number of carbonyl (C=O) groups is 1. The lowest BCUT2D eigenvalue weighted by Gasteiger charge is -2.03. The molecule has 0 spiro atoms. The smallest absolute Gasteiger partial charge is 0.123 e. The summed E-state index contributed by atoms with van der Waals surface area (Å²) in [6.45, 7) is 0.909. The number of ether oxygens (including phenoxy) is 1. The molecule has 0 saturated carbocycles. The Kier molecular flexibility index (Phi) is 3.91. The predicted octanol–water partition coefficient (Wildman–Crippen LogP) is 1.70. The van der Waals surface area contributed by atoms with E-state index < -0.39 is 0 Å². The quantitative estimate of drug-likeness (QED) is 0.455. The Morgan fingerprint density at radius 3 is 3.00 bits per heavy atom. The highest BCUT2D eigenvalue weighted by atomic mass is 16.5. The highest BCUT2D eigenvalue weighted by Gasteiger charge is 2.12. The van der Waals surface area contributed by atoms with Crippen LogP contribution in [0.2, 0.25) is 0 Å². The fourth-order valence-corrected chi connectivity index (χ4v) is 1.23. The lowest BCUT2D eigenvalue weighted by Crippen LogP contribution is -2.01. The molecule has 2 nitrogen and oxygen atoms in total. The fraction of sp³-hybridized carbons (Fsp3) is 0.667. The van der Waals surface area contributed by atoms with Crippen LogP contribution in [-0.2, 0) is 9.53 Å². The van der Waals surface area contributed by atoms with Crippen LogP contribution in [0.4, 0.5) is 0 Å². The van der Waals surface area contributed by atoms with E-state index in [2.05, 4.69) is 0 Å².